The number of rotatable bonds is 8. The first kappa shape index (κ1) is 20.6. The zero-order valence-corrected chi connectivity index (χ0v) is 15.8. The van der Waals surface area contributed by atoms with E-state index in [0.29, 0.717) is 16.9 Å². The highest BCUT2D eigenvalue weighted by atomic mass is 16.5. The number of carboxylic acids is 2. The Bertz CT molecular complexity index is 930. The van der Waals surface area contributed by atoms with Gasteiger partial charge in [0, 0.05) is 11.6 Å². The minimum atomic E-state index is -1.21. The summed E-state index contributed by atoms with van der Waals surface area (Å²) in [5.41, 5.74) is 0.980. The average Bonchev–Trinajstić information content (AvgIpc) is 2.69. The first-order chi connectivity index (χ1) is 13.4. The molecule has 8 heteroatoms. The lowest BCUT2D eigenvalue weighted by molar-refractivity contribution is -0.131. The Labute approximate surface area is 161 Å². The predicted octanol–water partition coefficient (Wildman–Crippen LogP) is 3.18. The Morgan fingerprint density at radius 2 is 1.57 bits per heavy atom. The molecule has 0 radical (unpaired) electrons. The summed E-state index contributed by atoms with van der Waals surface area (Å²) in [6, 6.07) is 6.18. The standard InChI is InChI=1S/C20H20O8/c1-25-12-6-7-13(11(9-12)5-8-16(21)22)17-14(20(23)24)10-15(26-2)18(27-3)19(17)28-4/h5-10H,1-4H3,(H,21,22)(H,23,24)/b8-5+. The summed E-state index contributed by atoms with van der Waals surface area (Å²) in [5.74, 6) is -1.32. The van der Waals surface area contributed by atoms with Crippen LogP contribution in [-0.4, -0.2) is 50.6 Å². The molecule has 8 nitrogen and oxygen atoms in total. The first-order valence-corrected chi connectivity index (χ1v) is 8.03. The molecular formula is C20H20O8. The third-order valence-electron chi connectivity index (χ3n) is 3.99. The van der Waals surface area contributed by atoms with E-state index in [1.54, 1.807) is 18.2 Å². The summed E-state index contributed by atoms with van der Waals surface area (Å²) >= 11 is 0. The smallest absolute Gasteiger partial charge is 0.336 e. The van der Waals surface area contributed by atoms with Crippen LogP contribution in [0.4, 0.5) is 0 Å². The molecular weight excluding hydrogens is 368 g/mol. The molecule has 0 saturated carbocycles. The van der Waals surface area contributed by atoms with Gasteiger partial charge in [-0.1, -0.05) is 0 Å². The Balaban J connectivity index is 2.93. The van der Waals surface area contributed by atoms with Crippen molar-refractivity contribution in [2.45, 2.75) is 0 Å². The summed E-state index contributed by atoms with van der Waals surface area (Å²) in [7, 11) is 5.64. The molecule has 0 bridgehead atoms. The van der Waals surface area contributed by atoms with Gasteiger partial charge in [0.1, 0.15) is 5.75 Å². The quantitative estimate of drug-likeness (QED) is 0.663. The van der Waals surface area contributed by atoms with Crippen LogP contribution in [0.25, 0.3) is 17.2 Å². The summed E-state index contributed by atoms with van der Waals surface area (Å²) in [4.78, 5) is 22.9. The van der Waals surface area contributed by atoms with Crippen LogP contribution in [0.1, 0.15) is 15.9 Å². The van der Waals surface area contributed by atoms with Crippen molar-refractivity contribution in [1.29, 1.82) is 0 Å². The molecule has 2 rings (SSSR count). The van der Waals surface area contributed by atoms with E-state index >= 15 is 0 Å². The maximum absolute atomic E-state index is 11.9. The molecule has 0 aliphatic rings. The zero-order chi connectivity index (χ0) is 20.8. The second-order valence-corrected chi connectivity index (χ2v) is 5.50. The van der Waals surface area contributed by atoms with Crippen LogP contribution < -0.4 is 18.9 Å². The number of hydrogen-bond donors (Lipinski definition) is 2. The van der Waals surface area contributed by atoms with E-state index < -0.39 is 11.9 Å². The number of ether oxygens (including phenoxy) is 4. The molecule has 0 fully saturated rings. The van der Waals surface area contributed by atoms with E-state index in [2.05, 4.69) is 0 Å². The number of aliphatic carboxylic acids is 1. The second-order valence-electron chi connectivity index (χ2n) is 5.50. The topological polar surface area (TPSA) is 112 Å². The molecule has 0 aliphatic heterocycles. The predicted molar refractivity (Wildman–Crippen MR) is 102 cm³/mol. The molecule has 0 aromatic heterocycles. The zero-order valence-electron chi connectivity index (χ0n) is 15.8. The van der Waals surface area contributed by atoms with Gasteiger partial charge >= 0.3 is 11.9 Å². The molecule has 0 unspecified atom stereocenters. The van der Waals surface area contributed by atoms with E-state index in [1.807, 2.05) is 0 Å². The van der Waals surface area contributed by atoms with Crippen LogP contribution in [0.5, 0.6) is 23.0 Å². The lowest BCUT2D eigenvalue weighted by atomic mass is 9.93. The number of carbonyl (C=O) groups is 2. The maximum Gasteiger partial charge on any atom is 0.336 e. The third-order valence-corrected chi connectivity index (χ3v) is 3.99. The lowest BCUT2D eigenvalue weighted by Crippen LogP contribution is -2.06. The number of methoxy groups -OCH3 is 4. The fourth-order valence-electron chi connectivity index (χ4n) is 2.79. The second kappa shape index (κ2) is 8.81. The summed E-state index contributed by atoms with van der Waals surface area (Å²) in [5, 5.41) is 18.7. The van der Waals surface area contributed by atoms with Crippen LogP contribution in [0.3, 0.4) is 0 Å². The van der Waals surface area contributed by atoms with Crippen molar-refractivity contribution in [2.75, 3.05) is 28.4 Å². The van der Waals surface area contributed by atoms with Crippen molar-refractivity contribution in [3.8, 4) is 34.1 Å². The average molecular weight is 388 g/mol. The minimum Gasteiger partial charge on any atom is -0.497 e. The van der Waals surface area contributed by atoms with Gasteiger partial charge < -0.3 is 29.2 Å². The van der Waals surface area contributed by atoms with Gasteiger partial charge in [0.25, 0.3) is 0 Å². The van der Waals surface area contributed by atoms with E-state index in [1.165, 1.54) is 40.6 Å². The summed E-state index contributed by atoms with van der Waals surface area (Å²) in [6.45, 7) is 0. The number of aromatic carboxylic acids is 1. The first-order valence-electron chi connectivity index (χ1n) is 8.03. The normalized spacial score (nSPS) is 10.6. The van der Waals surface area contributed by atoms with Gasteiger partial charge in [-0.25, -0.2) is 9.59 Å². The fraction of sp³-hybridized carbons (Fsp3) is 0.200. The van der Waals surface area contributed by atoms with Gasteiger partial charge in [-0.2, -0.15) is 0 Å². The Kier molecular flexibility index (Phi) is 6.49. The van der Waals surface area contributed by atoms with Gasteiger partial charge in [-0.05, 0) is 41.5 Å². The Morgan fingerprint density at radius 1 is 0.893 bits per heavy atom. The Hall–Kier alpha value is -3.68. The van der Waals surface area contributed by atoms with Crippen LogP contribution in [0.15, 0.2) is 30.3 Å². The highest BCUT2D eigenvalue weighted by molar-refractivity contribution is 6.02. The monoisotopic (exact) mass is 388 g/mol. The van der Waals surface area contributed by atoms with E-state index in [0.717, 1.165) is 6.08 Å². The number of carboxylic acid groups (broad SMARTS) is 2. The molecule has 148 valence electrons. The molecule has 2 aromatic rings. The van der Waals surface area contributed by atoms with Gasteiger partial charge in [-0.3, -0.25) is 0 Å². The van der Waals surface area contributed by atoms with E-state index in [9.17, 15) is 14.7 Å². The van der Waals surface area contributed by atoms with Gasteiger partial charge in [0.05, 0.1) is 34.0 Å². The van der Waals surface area contributed by atoms with Crippen molar-refractivity contribution in [2.24, 2.45) is 0 Å². The molecule has 0 heterocycles. The van der Waals surface area contributed by atoms with Crippen molar-refractivity contribution < 1.29 is 38.7 Å². The summed E-state index contributed by atoms with van der Waals surface area (Å²) in [6.07, 6.45) is 2.30. The fourth-order valence-corrected chi connectivity index (χ4v) is 2.79. The van der Waals surface area contributed by atoms with E-state index in [-0.39, 0.29) is 28.4 Å². The van der Waals surface area contributed by atoms with Crippen LogP contribution in [-0.2, 0) is 4.79 Å². The number of benzene rings is 2. The van der Waals surface area contributed by atoms with Crippen molar-refractivity contribution >= 4 is 18.0 Å². The highest BCUT2D eigenvalue weighted by Gasteiger charge is 2.26. The van der Waals surface area contributed by atoms with Crippen LogP contribution in [0, 0.1) is 0 Å². The maximum atomic E-state index is 11.9. The molecule has 0 aliphatic carbocycles. The van der Waals surface area contributed by atoms with E-state index in [4.69, 9.17) is 24.1 Å². The third kappa shape index (κ3) is 4.01. The molecule has 28 heavy (non-hydrogen) atoms. The molecule has 2 aromatic carbocycles. The van der Waals surface area contributed by atoms with Crippen molar-refractivity contribution in [1.82, 2.24) is 0 Å². The van der Waals surface area contributed by atoms with Crippen molar-refractivity contribution in [3.05, 3.63) is 41.5 Å². The largest absolute Gasteiger partial charge is 0.497 e. The highest BCUT2D eigenvalue weighted by Crippen LogP contribution is 2.48. The lowest BCUT2D eigenvalue weighted by Gasteiger charge is -2.19. The molecule has 0 spiro atoms. The molecule has 0 amide bonds. The van der Waals surface area contributed by atoms with Crippen LogP contribution in [0.2, 0.25) is 0 Å². The van der Waals surface area contributed by atoms with Crippen LogP contribution >= 0.6 is 0 Å². The van der Waals surface area contributed by atoms with Gasteiger partial charge in [0.2, 0.25) is 5.75 Å². The number of hydrogen-bond acceptors (Lipinski definition) is 6. The molecule has 0 atom stereocenters. The summed E-state index contributed by atoms with van der Waals surface area (Å²) < 4.78 is 21.2. The van der Waals surface area contributed by atoms with Crippen molar-refractivity contribution in [3.63, 3.8) is 0 Å². The van der Waals surface area contributed by atoms with Gasteiger partial charge in [-0.15, -0.1) is 0 Å². The van der Waals surface area contributed by atoms with Gasteiger partial charge in [0.15, 0.2) is 11.5 Å². The molecule has 0 saturated heterocycles. The Morgan fingerprint density at radius 3 is 2.07 bits per heavy atom. The molecule has 2 N–H and O–H groups in total. The minimum absolute atomic E-state index is 0.0929. The SMILES string of the molecule is COc1ccc(-c2c(C(=O)O)cc(OC)c(OC)c2OC)c(/C=C/C(=O)O)c1.